The average molecular weight is 294 g/mol. The Morgan fingerprint density at radius 2 is 2.00 bits per heavy atom. The Balaban J connectivity index is 1.80. The molecule has 0 saturated carbocycles. The van der Waals surface area contributed by atoms with Crippen LogP contribution >= 0.6 is 0 Å². The minimum absolute atomic E-state index is 0.160. The monoisotopic (exact) mass is 294 g/mol. The largest absolute Gasteiger partial charge is 0.472 e. The summed E-state index contributed by atoms with van der Waals surface area (Å²) in [6.07, 6.45) is 1.71. The van der Waals surface area contributed by atoms with E-state index in [1.165, 1.54) is 0 Å². The molecule has 1 heterocycles. The van der Waals surface area contributed by atoms with Crippen LogP contribution in [0.4, 0.5) is 5.69 Å². The van der Waals surface area contributed by atoms with Gasteiger partial charge in [-0.1, -0.05) is 24.8 Å². The normalized spacial score (nSPS) is 12.6. The van der Waals surface area contributed by atoms with Crippen molar-refractivity contribution in [3.8, 4) is 5.75 Å². The van der Waals surface area contributed by atoms with Gasteiger partial charge in [-0.15, -0.1) is 0 Å². The molecule has 1 aliphatic rings. The molecule has 1 aliphatic heterocycles. The lowest BCUT2D eigenvalue weighted by molar-refractivity contribution is 0.0882. The van der Waals surface area contributed by atoms with Crippen LogP contribution in [0, 0.1) is 0 Å². The summed E-state index contributed by atoms with van der Waals surface area (Å²) in [6, 6.07) is 12.0. The molecule has 3 rings (SSSR count). The van der Waals surface area contributed by atoms with Crippen molar-refractivity contribution in [3.05, 3.63) is 65.7 Å². The zero-order valence-corrected chi connectivity index (χ0v) is 11.8. The van der Waals surface area contributed by atoms with Crippen molar-refractivity contribution in [2.75, 3.05) is 12.0 Å². The quantitative estimate of drug-likeness (QED) is 0.914. The molecule has 2 amide bonds. The topological polar surface area (TPSA) is 67.4 Å². The minimum Gasteiger partial charge on any atom is -0.472 e. The van der Waals surface area contributed by atoms with Crippen molar-refractivity contribution in [1.29, 1.82) is 0 Å². The summed E-state index contributed by atoms with van der Waals surface area (Å²) in [4.78, 5) is 23.9. The van der Waals surface area contributed by atoms with Crippen molar-refractivity contribution < 1.29 is 14.3 Å². The molecule has 0 aromatic heterocycles. The minimum atomic E-state index is -0.243. The van der Waals surface area contributed by atoms with Crippen molar-refractivity contribution in [2.45, 2.75) is 0 Å². The number of carbonyl (C=O) groups excluding carboxylic acids is 2. The predicted octanol–water partition coefficient (Wildman–Crippen LogP) is 2.66. The molecule has 5 nitrogen and oxygen atoms in total. The number of nitrogens with one attached hydrogen (secondary N) is 2. The molecule has 2 aromatic rings. The van der Waals surface area contributed by atoms with E-state index in [1.54, 1.807) is 36.4 Å². The summed E-state index contributed by atoms with van der Waals surface area (Å²) in [5, 5.41) is 5.35. The maximum atomic E-state index is 12.2. The van der Waals surface area contributed by atoms with Gasteiger partial charge >= 0.3 is 0 Å². The van der Waals surface area contributed by atoms with Crippen LogP contribution in [-0.4, -0.2) is 18.5 Å². The predicted molar refractivity (Wildman–Crippen MR) is 83.9 cm³/mol. The third kappa shape index (κ3) is 2.69. The van der Waals surface area contributed by atoms with Crippen molar-refractivity contribution >= 4 is 23.6 Å². The van der Waals surface area contributed by atoms with Gasteiger partial charge in [0.1, 0.15) is 5.75 Å². The first-order valence-corrected chi connectivity index (χ1v) is 6.76. The van der Waals surface area contributed by atoms with Crippen molar-refractivity contribution in [2.24, 2.45) is 0 Å². The lowest BCUT2D eigenvalue weighted by atomic mass is 10.1. The molecule has 0 spiro atoms. The average Bonchev–Trinajstić information content (AvgIpc) is 2.55. The number of benzene rings is 2. The molecule has 0 aliphatic carbocycles. The fourth-order valence-electron chi connectivity index (χ4n) is 2.16. The van der Waals surface area contributed by atoms with E-state index in [9.17, 15) is 9.59 Å². The number of rotatable bonds is 3. The highest BCUT2D eigenvalue weighted by Gasteiger charge is 2.18. The van der Waals surface area contributed by atoms with E-state index < -0.39 is 0 Å². The number of carbonyl (C=O) groups is 2. The van der Waals surface area contributed by atoms with Gasteiger partial charge in [-0.3, -0.25) is 9.59 Å². The van der Waals surface area contributed by atoms with E-state index in [0.29, 0.717) is 22.6 Å². The van der Waals surface area contributed by atoms with Gasteiger partial charge in [0, 0.05) is 11.3 Å². The van der Waals surface area contributed by atoms with Crippen LogP contribution < -0.4 is 15.4 Å². The number of anilines is 1. The fraction of sp³-hybridized carbons (Fsp3) is 0.0588. The van der Waals surface area contributed by atoms with E-state index in [0.717, 1.165) is 5.56 Å². The molecular formula is C17H14N2O3. The van der Waals surface area contributed by atoms with E-state index in [4.69, 9.17) is 4.74 Å². The van der Waals surface area contributed by atoms with Crippen LogP contribution in [0.2, 0.25) is 0 Å². The summed E-state index contributed by atoms with van der Waals surface area (Å²) >= 11 is 0. The summed E-state index contributed by atoms with van der Waals surface area (Å²) in [6.45, 7) is 3.83. The number of hydrogen-bond donors (Lipinski definition) is 2. The first-order chi connectivity index (χ1) is 10.7. The van der Waals surface area contributed by atoms with Gasteiger partial charge in [-0.05, 0) is 35.9 Å². The van der Waals surface area contributed by atoms with Crippen LogP contribution in [0.15, 0.2) is 49.0 Å². The number of hydrogen-bond acceptors (Lipinski definition) is 3. The standard InChI is InChI=1S/C17H14N2O3/c1-2-11-3-5-12(6-4-11)16(20)19-13-7-8-15-14(9-13)17(21)18-10-22-15/h2-9H,1,10H2,(H,18,21)(H,19,20). The Morgan fingerprint density at radius 3 is 2.73 bits per heavy atom. The van der Waals surface area contributed by atoms with Gasteiger partial charge in [0.2, 0.25) is 0 Å². The van der Waals surface area contributed by atoms with Crippen LogP contribution in [0.1, 0.15) is 26.3 Å². The summed E-state index contributed by atoms with van der Waals surface area (Å²) in [5.74, 6) is 0.0532. The van der Waals surface area contributed by atoms with E-state index in [2.05, 4.69) is 17.2 Å². The molecule has 5 heteroatoms. The molecule has 0 saturated heterocycles. The van der Waals surface area contributed by atoms with E-state index in [1.807, 2.05) is 12.1 Å². The third-order valence-electron chi connectivity index (χ3n) is 3.35. The molecule has 22 heavy (non-hydrogen) atoms. The summed E-state index contributed by atoms with van der Waals surface area (Å²) in [5.41, 5.74) is 2.42. The van der Waals surface area contributed by atoms with Gasteiger partial charge in [0.05, 0.1) is 5.56 Å². The lowest BCUT2D eigenvalue weighted by Gasteiger charge is -2.18. The van der Waals surface area contributed by atoms with Gasteiger partial charge < -0.3 is 15.4 Å². The first kappa shape index (κ1) is 13.9. The Morgan fingerprint density at radius 1 is 1.23 bits per heavy atom. The smallest absolute Gasteiger partial charge is 0.257 e. The molecule has 0 fully saturated rings. The summed E-state index contributed by atoms with van der Waals surface area (Å²) < 4.78 is 5.31. The lowest BCUT2D eigenvalue weighted by Crippen LogP contribution is -2.33. The third-order valence-corrected chi connectivity index (χ3v) is 3.35. The molecule has 0 unspecified atom stereocenters. The first-order valence-electron chi connectivity index (χ1n) is 6.76. The van der Waals surface area contributed by atoms with Gasteiger partial charge in [0.15, 0.2) is 6.73 Å². The maximum Gasteiger partial charge on any atom is 0.257 e. The molecule has 2 N–H and O–H groups in total. The van der Waals surface area contributed by atoms with Crippen molar-refractivity contribution in [1.82, 2.24) is 5.32 Å². The number of fused-ring (bicyclic) bond motifs is 1. The molecular weight excluding hydrogens is 280 g/mol. The van der Waals surface area contributed by atoms with Gasteiger partial charge in [0.25, 0.3) is 11.8 Å². The Labute approximate surface area is 127 Å². The second-order valence-corrected chi connectivity index (χ2v) is 4.79. The van der Waals surface area contributed by atoms with Crippen LogP contribution in [0.5, 0.6) is 5.75 Å². The zero-order valence-electron chi connectivity index (χ0n) is 11.8. The van der Waals surface area contributed by atoms with E-state index in [-0.39, 0.29) is 18.5 Å². The van der Waals surface area contributed by atoms with E-state index >= 15 is 0 Å². The molecule has 110 valence electrons. The zero-order chi connectivity index (χ0) is 15.5. The van der Waals surface area contributed by atoms with Gasteiger partial charge in [-0.2, -0.15) is 0 Å². The molecule has 0 bridgehead atoms. The summed E-state index contributed by atoms with van der Waals surface area (Å²) in [7, 11) is 0. The highest BCUT2D eigenvalue weighted by Crippen LogP contribution is 2.25. The highest BCUT2D eigenvalue weighted by molar-refractivity contribution is 6.05. The van der Waals surface area contributed by atoms with Gasteiger partial charge in [-0.25, -0.2) is 0 Å². The molecule has 0 radical (unpaired) electrons. The number of amides is 2. The Hall–Kier alpha value is -3.08. The fourth-order valence-corrected chi connectivity index (χ4v) is 2.16. The molecule has 2 aromatic carbocycles. The van der Waals surface area contributed by atoms with Crippen LogP contribution in [0.3, 0.4) is 0 Å². The SMILES string of the molecule is C=Cc1ccc(C(=O)Nc2ccc3c(c2)C(=O)NCO3)cc1. The second kappa shape index (κ2) is 5.73. The maximum absolute atomic E-state index is 12.2. The van der Waals surface area contributed by atoms with Crippen LogP contribution in [0.25, 0.3) is 6.08 Å². The Bertz CT molecular complexity index is 751. The van der Waals surface area contributed by atoms with Crippen molar-refractivity contribution in [3.63, 3.8) is 0 Å². The second-order valence-electron chi connectivity index (χ2n) is 4.79. The highest BCUT2D eigenvalue weighted by atomic mass is 16.5. The Kier molecular flexibility index (Phi) is 3.62. The number of ether oxygens (including phenoxy) is 1. The molecule has 0 atom stereocenters. The van der Waals surface area contributed by atoms with Crippen LogP contribution in [-0.2, 0) is 0 Å².